The summed E-state index contributed by atoms with van der Waals surface area (Å²) < 4.78 is 7.79. The second kappa shape index (κ2) is 8.28. The maximum Gasteiger partial charge on any atom is 0.146 e. The highest BCUT2D eigenvalue weighted by molar-refractivity contribution is 5.85. The Bertz CT molecular complexity index is 604. The van der Waals surface area contributed by atoms with Crippen LogP contribution in [0, 0.1) is 17.8 Å². The van der Waals surface area contributed by atoms with Crippen molar-refractivity contribution in [2.45, 2.75) is 31.2 Å². The molecule has 0 spiro atoms. The third-order valence-corrected chi connectivity index (χ3v) is 6.58. The molecule has 1 saturated heterocycles. The number of methoxy groups -OCH3 is 1. The van der Waals surface area contributed by atoms with Gasteiger partial charge in [-0.2, -0.15) is 0 Å². The monoisotopic (exact) mass is 384 g/mol. The maximum atomic E-state index is 5.34. The summed E-state index contributed by atoms with van der Waals surface area (Å²) in [6, 6.07) is 9.59. The summed E-state index contributed by atoms with van der Waals surface area (Å²) in [7, 11) is 6.33. The molecule has 4 rings (SSSR count). The number of hydrogen-bond donors (Lipinski definition) is 0. The van der Waals surface area contributed by atoms with Crippen LogP contribution in [0.25, 0.3) is 0 Å². The van der Waals surface area contributed by atoms with Gasteiger partial charge in [0.1, 0.15) is 25.6 Å². The number of rotatable bonds is 2. The standard InChI is InChI=1S/C20H29N2O.2ClH/c1-21-12-18-16-5-4-10-22(2)20(16)11-17(19(18)13-21)14-6-8-15(23-3)9-7-14;;/h6-9,12,16-20H,4-5,10-11,13H2,1-3H3;2*1H/q+1;;/p-1. The topological polar surface area (TPSA) is 15.5 Å². The van der Waals surface area contributed by atoms with Crippen molar-refractivity contribution in [1.29, 1.82) is 0 Å². The molecule has 0 N–H and O–H groups in total. The minimum absolute atomic E-state index is 0. The van der Waals surface area contributed by atoms with Crippen molar-refractivity contribution in [3.8, 4) is 5.75 Å². The van der Waals surface area contributed by atoms with Crippen molar-refractivity contribution in [3.63, 3.8) is 0 Å². The van der Waals surface area contributed by atoms with Crippen LogP contribution < -0.4 is 17.1 Å². The molecule has 25 heavy (non-hydrogen) atoms. The van der Waals surface area contributed by atoms with Crippen molar-refractivity contribution in [2.24, 2.45) is 17.8 Å². The number of nitrogens with zero attached hydrogens (tertiary/aromatic N) is 2. The van der Waals surface area contributed by atoms with Gasteiger partial charge in [-0.25, -0.2) is 4.58 Å². The number of piperidine rings is 1. The number of ether oxygens (including phenoxy) is 1. The third-order valence-electron chi connectivity index (χ3n) is 6.58. The normalized spacial score (nSPS) is 34.0. The average Bonchev–Trinajstić information content (AvgIpc) is 2.96. The van der Waals surface area contributed by atoms with Gasteiger partial charge >= 0.3 is 0 Å². The summed E-state index contributed by atoms with van der Waals surface area (Å²) >= 11 is 0. The molecule has 2 aliphatic heterocycles. The van der Waals surface area contributed by atoms with E-state index in [-0.39, 0.29) is 24.8 Å². The van der Waals surface area contributed by atoms with Crippen LogP contribution >= 0.6 is 12.4 Å². The Morgan fingerprint density at radius 2 is 1.88 bits per heavy atom. The molecule has 1 aliphatic carbocycles. The van der Waals surface area contributed by atoms with E-state index >= 15 is 0 Å². The number of fused-ring (bicyclic) bond motifs is 3. The van der Waals surface area contributed by atoms with Crippen molar-refractivity contribution in [3.05, 3.63) is 29.8 Å². The van der Waals surface area contributed by atoms with Gasteiger partial charge in [0.15, 0.2) is 0 Å². The average molecular weight is 385 g/mol. The largest absolute Gasteiger partial charge is 1.00 e. The van der Waals surface area contributed by atoms with Crippen molar-refractivity contribution >= 4 is 18.6 Å². The molecule has 1 saturated carbocycles. The summed E-state index contributed by atoms with van der Waals surface area (Å²) in [6.07, 6.45) is 6.63. The summed E-state index contributed by atoms with van der Waals surface area (Å²) in [5.74, 6) is 4.03. The Kier molecular flexibility index (Phi) is 6.80. The first-order valence-corrected chi connectivity index (χ1v) is 9.07. The first kappa shape index (κ1) is 20.5. The number of halogens is 2. The van der Waals surface area contributed by atoms with Gasteiger partial charge < -0.3 is 22.0 Å². The van der Waals surface area contributed by atoms with Crippen LogP contribution in [0.4, 0.5) is 0 Å². The van der Waals surface area contributed by atoms with E-state index in [0.29, 0.717) is 5.92 Å². The quantitative estimate of drug-likeness (QED) is 0.680. The van der Waals surface area contributed by atoms with Crippen LogP contribution in [-0.4, -0.2) is 56.0 Å². The van der Waals surface area contributed by atoms with E-state index < -0.39 is 0 Å². The molecule has 0 bridgehead atoms. The summed E-state index contributed by atoms with van der Waals surface area (Å²) in [5, 5.41) is 0. The van der Waals surface area contributed by atoms with Gasteiger partial charge in [0.2, 0.25) is 0 Å². The number of benzene rings is 1. The molecule has 5 heteroatoms. The van der Waals surface area contributed by atoms with Crippen LogP contribution in [0.15, 0.2) is 24.3 Å². The lowest BCUT2D eigenvalue weighted by atomic mass is 9.61. The van der Waals surface area contributed by atoms with Crippen LogP contribution in [0.1, 0.15) is 30.7 Å². The Morgan fingerprint density at radius 1 is 1.16 bits per heavy atom. The Labute approximate surface area is 164 Å². The molecule has 0 aromatic heterocycles. The second-order valence-corrected chi connectivity index (χ2v) is 7.80. The van der Waals surface area contributed by atoms with E-state index in [0.717, 1.165) is 29.5 Å². The fourth-order valence-corrected chi connectivity index (χ4v) is 5.48. The highest BCUT2D eigenvalue weighted by Gasteiger charge is 2.51. The molecule has 2 fully saturated rings. The van der Waals surface area contributed by atoms with Crippen molar-refractivity contribution in [2.75, 3.05) is 34.3 Å². The first-order chi connectivity index (χ1) is 11.2. The van der Waals surface area contributed by atoms with Gasteiger partial charge in [0.05, 0.1) is 7.11 Å². The molecular weight excluding hydrogens is 355 g/mol. The van der Waals surface area contributed by atoms with Gasteiger partial charge in [-0.05, 0) is 62.4 Å². The zero-order chi connectivity index (χ0) is 16.0. The van der Waals surface area contributed by atoms with Gasteiger partial charge in [-0.15, -0.1) is 12.4 Å². The maximum absolute atomic E-state index is 5.34. The van der Waals surface area contributed by atoms with Gasteiger partial charge in [0.25, 0.3) is 0 Å². The summed E-state index contributed by atoms with van der Waals surface area (Å²) in [4.78, 5) is 2.63. The Balaban J connectivity index is 0.00000113. The fraction of sp³-hybridized carbons (Fsp3) is 0.650. The zero-order valence-electron chi connectivity index (χ0n) is 15.4. The second-order valence-electron chi connectivity index (χ2n) is 7.80. The van der Waals surface area contributed by atoms with E-state index in [4.69, 9.17) is 4.74 Å². The molecule has 1 aromatic carbocycles. The minimum Gasteiger partial charge on any atom is -1.00 e. The number of likely N-dealkylation sites (tertiary alicyclic amines) is 1. The molecule has 0 radical (unpaired) electrons. The van der Waals surface area contributed by atoms with E-state index in [1.807, 2.05) is 0 Å². The third kappa shape index (κ3) is 3.70. The SMILES string of the molecule is COc1ccc(C2CC3C(CCCN3C)C3C=[N+](C)CC23)cc1.Cl.[Cl-]. The van der Waals surface area contributed by atoms with Crippen molar-refractivity contribution in [1.82, 2.24) is 4.90 Å². The molecule has 1 aromatic rings. The lowest BCUT2D eigenvalue weighted by Crippen LogP contribution is -3.00. The van der Waals surface area contributed by atoms with E-state index in [1.54, 1.807) is 7.11 Å². The highest BCUT2D eigenvalue weighted by Crippen LogP contribution is 2.49. The fourth-order valence-electron chi connectivity index (χ4n) is 5.48. The molecule has 5 unspecified atom stereocenters. The first-order valence-electron chi connectivity index (χ1n) is 9.07. The van der Waals surface area contributed by atoms with Crippen LogP contribution in [0.3, 0.4) is 0 Å². The highest BCUT2D eigenvalue weighted by atomic mass is 35.5. The summed E-state index contributed by atoms with van der Waals surface area (Å²) in [6.45, 7) is 2.48. The zero-order valence-corrected chi connectivity index (χ0v) is 17.0. The van der Waals surface area contributed by atoms with Crippen LogP contribution in [0.5, 0.6) is 5.75 Å². The molecule has 3 aliphatic rings. The molecular formula is C20H30Cl2N2O. The molecule has 0 amide bonds. The van der Waals surface area contributed by atoms with E-state index in [9.17, 15) is 0 Å². The van der Waals surface area contributed by atoms with Crippen LogP contribution in [-0.2, 0) is 0 Å². The predicted molar refractivity (Wildman–Crippen MR) is 101 cm³/mol. The van der Waals surface area contributed by atoms with E-state index in [1.165, 1.54) is 37.9 Å². The summed E-state index contributed by atoms with van der Waals surface area (Å²) in [5.41, 5.74) is 1.50. The smallest absolute Gasteiger partial charge is 0.146 e. The molecule has 3 nitrogen and oxygen atoms in total. The van der Waals surface area contributed by atoms with Gasteiger partial charge in [0, 0.05) is 17.9 Å². The molecule has 140 valence electrons. The minimum atomic E-state index is 0. The van der Waals surface area contributed by atoms with E-state index in [2.05, 4.69) is 54.1 Å². The molecule has 5 atom stereocenters. The predicted octanol–water partition coefficient (Wildman–Crippen LogP) is 0.278. The van der Waals surface area contributed by atoms with Crippen LogP contribution in [0.2, 0.25) is 0 Å². The molecule has 2 heterocycles. The Morgan fingerprint density at radius 3 is 2.56 bits per heavy atom. The van der Waals surface area contributed by atoms with Gasteiger partial charge in [-0.1, -0.05) is 12.1 Å². The van der Waals surface area contributed by atoms with Gasteiger partial charge in [-0.3, -0.25) is 0 Å². The Hall–Kier alpha value is -0.770. The number of hydrogen-bond acceptors (Lipinski definition) is 2. The lowest BCUT2D eigenvalue weighted by Gasteiger charge is -2.49. The van der Waals surface area contributed by atoms with Crippen molar-refractivity contribution < 1.29 is 21.7 Å². The lowest BCUT2D eigenvalue weighted by molar-refractivity contribution is -0.490.